The number of alkyl halides is 1. The van der Waals surface area contributed by atoms with Gasteiger partial charge in [-0.05, 0) is 29.2 Å². The molecule has 1 aromatic carbocycles. The van der Waals surface area contributed by atoms with Crippen LogP contribution >= 0.6 is 23.4 Å². The van der Waals surface area contributed by atoms with E-state index in [-0.39, 0.29) is 6.10 Å². The highest BCUT2D eigenvalue weighted by Gasteiger charge is 2.20. The lowest BCUT2D eigenvalue weighted by atomic mass is 9.99. The quantitative estimate of drug-likeness (QED) is 0.751. The largest absolute Gasteiger partial charge is 0.372 e. The molecule has 0 aliphatic carbocycles. The SMILES string of the molecule is CC(CCl)CSCC1OCCc2ccccc21. The van der Waals surface area contributed by atoms with Gasteiger partial charge in [-0.1, -0.05) is 31.2 Å². The Morgan fingerprint density at radius 2 is 2.29 bits per heavy atom. The molecule has 0 radical (unpaired) electrons. The van der Waals surface area contributed by atoms with Gasteiger partial charge in [-0.2, -0.15) is 11.8 Å². The van der Waals surface area contributed by atoms with Crippen molar-refractivity contribution >= 4 is 23.4 Å². The maximum absolute atomic E-state index is 5.87. The molecule has 94 valence electrons. The van der Waals surface area contributed by atoms with Crippen LogP contribution in [0.1, 0.15) is 24.2 Å². The summed E-state index contributed by atoms with van der Waals surface area (Å²) in [7, 11) is 0. The van der Waals surface area contributed by atoms with Crippen LogP contribution < -0.4 is 0 Å². The lowest BCUT2D eigenvalue weighted by Crippen LogP contribution is -2.18. The zero-order valence-electron chi connectivity index (χ0n) is 10.2. The summed E-state index contributed by atoms with van der Waals surface area (Å²) < 4.78 is 5.87. The van der Waals surface area contributed by atoms with Gasteiger partial charge in [-0.25, -0.2) is 0 Å². The summed E-state index contributed by atoms with van der Waals surface area (Å²) in [5.74, 6) is 3.49. The first-order valence-corrected chi connectivity index (χ1v) is 7.83. The summed E-state index contributed by atoms with van der Waals surface area (Å²) in [5, 5.41) is 0. The van der Waals surface area contributed by atoms with Gasteiger partial charge in [0.05, 0.1) is 12.7 Å². The molecule has 3 heteroatoms. The average molecular weight is 271 g/mol. The van der Waals surface area contributed by atoms with Gasteiger partial charge >= 0.3 is 0 Å². The molecule has 2 atom stereocenters. The Morgan fingerprint density at radius 1 is 1.47 bits per heavy atom. The highest BCUT2D eigenvalue weighted by molar-refractivity contribution is 7.99. The van der Waals surface area contributed by atoms with Gasteiger partial charge in [0.15, 0.2) is 0 Å². The van der Waals surface area contributed by atoms with E-state index in [0.29, 0.717) is 5.92 Å². The molecule has 0 amide bonds. The fourth-order valence-corrected chi connectivity index (χ4v) is 3.42. The molecular formula is C14H19ClOS. The van der Waals surface area contributed by atoms with Crippen molar-refractivity contribution < 1.29 is 4.74 Å². The van der Waals surface area contributed by atoms with E-state index in [2.05, 4.69) is 31.2 Å². The molecule has 0 bridgehead atoms. The van der Waals surface area contributed by atoms with Crippen LogP contribution in [0.3, 0.4) is 0 Å². The minimum atomic E-state index is 0.271. The molecule has 0 N–H and O–H groups in total. The van der Waals surface area contributed by atoms with E-state index in [0.717, 1.165) is 30.4 Å². The van der Waals surface area contributed by atoms with Crippen LogP contribution in [0.25, 0.3) is 0 Å². The van der Waals surface area contributed by atoms with Crippen molar-refractivity contribution in [1.82, 2.24) is 0 Å². The first kappa shape index (κ1) is 13.3. The van der Waals surface area contributed by atoms with Crippen LogP contribution in [0.15, 0.2) is 24.3 Å². The maximum atomic E-state index is 5.87. The molecule has 17 heavy (non-hydrogen) atoms. The fraction of sp³-hybridized carbons (Fsp3) is 0.571. The molecular weight excluding hydrogens is 252 g/mol. The number of rotatable bonds is 5. The summed E-state index contributed by atoms with van der Waals surface area (Å²) in [6.07, 6.45) is 1.32. The van der Waals surface area contributed by atoms with Crippen molar-refractivity contribution in [2.45, 2.75) is 19.4 Å². The number of benzene rings is 1. The molecule has 0 aromatic heterocycles. The second-order valence-corrected chi connectivity index (χ2v) is 5.99. The maximum Gasteiger partial charge on any atom is 0.0918 e. The highest BCUT2D eigenvalue weighted by Crippen LogP contribution is 2.30. The van der Waals surface area contributed by atoms with Gasteiger partial charge in [0, 0.05) is 11.6 Å². The minimum absolute atomic E-state index is 0.271. The Bertz CT molecular complexity index is 356. The molecule has 1 heterocycles. The summed E-state index contributed by atoms with van der Waals surface area (Å²) in [6.45, 7) is 3.04. The first-order valence-electron chi connectivity index (χ1n) is 6.14. The Labute approximate surface area is 113 Å². The molecule has 1 aromatic rings. The van der Waals surface area contributed by atoms with Crippen molar-refractivity contribution in [3.8, 4) is 0 Å². The molecule has 1 aliphatic rings. The van der Waals surface area contributed by atoms with Gasteiger partial charge in [-0.15, -0.1) is 11.6 Å². The van der Waals surface area contributed by atoms with Crippen LogP contribution in [-0.2, 0) is 11.2 Å². The number of fused-ring (bicyclic) bond motifs is 1. The molecule has 1 nitrogen and oxygen atoms in total. The molecule has 2 rings (SSSR count). The van der Waals surface area contributed by atoms with Crippen LogP contribution in [0.5, 0.6) is 0 Å². The van der Waals surface area contributed by atoms with E-state index >= 15 is 0 Å². The van der Waals surface area contributed by atoms with Gasteiger partial charge in [0.1, 0.15) is 0 Å². The van der Waals surface area contributed by atoms with E-state index in [9.17, 15) is 0 Å². The van der Waals surface area contributed by atoms with Gasteiger partial charge in [-0.3, -0.25) is 0 Å². The van der Waals surface area contributed by atoms with Crippen molar-refractivity contribution in [2.75, 3.05) is 24.0 Å². The van der Waals surface area contributed by atoms with E-state index in [1.807, 2.05) is 11.8 Å². The molecule has 1 aliphatic heterocycles. The summed E-state index contributed by atoms with van der Waals surface area (Å²) >= 11 is 7.76. The van der Waals surface area contributed by atoms with Crippen LogP contribution in [0, 0.1) is 5.92 Å². The predicted molar refractivity (Wildman–Crippen MR) is 76.0 cm³/mol. The van der Waals surface area contributed by atoms with Gasteiger partial charge < -0.3 is 4.74 Å². The number of thioether (sulfide) groups is 1. The lowest BCUT2D eigenvalue weighted by molar-refractivity contribution is 0.0588. The van der Waals surface area contributed by atoms with Crippen LogP contribution in [0.4, 0.5) is 0 Å². The van der Waals surface area contributed by atoms with E-state index < -0.39 is 0 Å². The van der Waals surface area contributed by atoms with Crippen molar-refractivity contribution in [3.05, 3.63) is 35.4 Å². The third-order valence-electron chi connectivity index (χ3n) is 3.03. The number of hydrogen-bond acceptors (Lipinski definition) is 2. The summed E-state index contributed by atoms with van der Waals surface area (Å²) in [5.41, 5.74) is 2.83. The molecule has 2 unspecified atom stereocenters. The second kappa shape index (κ2) is 6.67. The van der Waals surface area contributed by atoms with Crippen LogP contribution in [-0.4, -0.2) is 24.0 Å². The van der Waals surface area contributed by atoms with E-state index in [4.69, 9.17) is 16.3 Å². The standard InChI is InChI=1S/C14H19ClOS/c1-11(8-15)9-17-10-14-13-5-3-2-4-12(13)6-7-16-14/h2-5,11,14H,6-10H2,1H3. The molecule has 0 saturated carbocycles. The number of hydrogen-bond donors (Lipinski definition) is 0. The number of ether oxygens (including phenoxy) is 1. The Hall–Kier alpha value is -0.180. The van der Waals surface area contributed by atoms with Crippen LogP contribution in [0.2, 0.25) is 0 Å². The predicted octanol–water partition coefficient (Wildman–Crippen LogP) is 3.91. The Kier molecular flexibility index (Phi) is 5.20. The lowest BCUT2D eigenvalue weighted by Gasteiger charge is -2.26. The minimum Gasteiger partial charge on any atom is -0.372 e. The molecule has 0 fully saturated rings. The van der Waals surface area contributed by atoms with Gasteiger partial charge in [0.25, 0.3) is 0 Å². The fourth-order valence-electron chi connectivity index (χ4n) is 2.04. The smallest absolute Gasteiger partial charge is 0.0918 e. The van der Waals surface area contributed by atoms with Gasteiger partial charge in [0.2, 0.25) is 0 Å². The number of halogens is 1. The summed E-state index contributed by atoms with van der Waals surface area (Å²) in [4.78, 5) is 0. The molecule has 0 spiro atoms. The Morgan fingerprint density at radius 3 is 3.12 bits per heavy atom. The van der Waals surface area contributed by atoms with Crippen molar-refractivity contribution in [2.24, 2.45) is 5.92 Å². The molecule has 0 saturated heterocycles. The third-order valence-corrected chi connectivity index (χ3v) is 4.90. The zero-order valence-corrected chi connectivity index (χ0v) is 11.8. The van der Waals surface area contributed by atoms with E-state index in [1.165, 1.54) is 11.1 Å². The normalized spacial score (nSPS) is 20.9. The monoisotopic (exact) mass is 270 g/mol. The average Bonchev–Trinajstić information content (AvgIpc) is 2.39. The highest BCUT2D eigenvalue weighted by atomic mass is 35.5. The summed E-state index contributed by atoms with van der Waals surface area (Å²) in [6, 6.07) is 8.64. The Balaban J connectivity index is 1.90. The second-order valence-electron chi connectivity index (χ2n) is 4.61. The van der Waals surface area contributed by atoms with E-state index in [1.54, 1.807) is 0 Å². The first-order chi connectivity index (χ1) is 8.31. The third kappa shape index (κ3) is 3.64. The topological polar surface area (TPSA) is 9.23 Å². The van der Waals surface area contributed by atoms with Crippen molar-refractivity contribution in [1.29, 1.82) is 0 Å². The van der Waals surface area contributed by atoms with Crippen molar-refractivity contribution in [3.63, 3.8) is 0 Å². The zero-order chi connectivity index (χ0) is 12.1.